The van der Waals surface area contributed by atoms with Gasteiger partial charge in [-0.25, -0.2) is 15.0 Å². The lowest BCUT2D eigenvalue weighted by atomic mass is 9.97. The van der Waals surface area contributed by atoms with E-state index in [1.165, 1.54) is 42.1 Å². The second-order valence-electron chi connectivity index (χ2n) is 15.2. The Morgan fingerprint density at radius 2 is 0.823 bits per heavy atom. The molecule has 12 aromatic rings. The van der Waals surface area contributed by atoms with Crippen LogP contribution in [0.5, 0.6) is 0 Å². The van der Waals surface area contributed by atoms with Crippen LogP contribution in [0.2, 0.25) is 0 Å². The molecule has 0 aliphatic rings. The molecular weight excluding hydrogens is 773 g/mol. The summed E-state index contributed by atoms with van der Waals surface area (Å²) in [5.41, 5.74) is 11.5. The fourth-order valence-corrected chi connectivity index (χ4v) is 9.98. The first-order valence-electron chi connectivity index (χ1n) is 22.9. The number of fused-ring (bicyclic) bond motifs is 6. The normalized spacial score (nSPS) is 12.7. The molecule has 0 N–H and O–H groups in total. The van der Waals surface area contributed by atoms with Gasteiger partial charge < -0.3 is 4.57 Å². The highest BCUT2D eigenvalue weighted by Gasteiger charge is 2.19. The highest BCUT2D eigenvalue weighted by Crippen LogP contribution is 2.46. The third kappa shape index (κ3) is 6.18. The smallest absolute Gasteiger partial charge is 0.164 e. The van der Waals surface area contributed by atoms with Crippen molar-refractivity contribution >= 4 is 53.3 Å². The van der Waals surface area contributed by atoms with Gasteiger partial charge in [0.1, 0.15) is 0 Å². The molecule has 62 heavy (non-hydrogen) atoms. The van der Waals surface area contributed by atoms with Gasteiger partial charge in [-0.2, -0.15) is 0 Å². The van der Waals surface area contributed by atoms with Crippen LogP contribution in [0.1, 0.15) is 6.85 Å². The van der Waals surface area contributed by atoms with Gasteiger partial charge in [0, 0.05) is 58.9 Å². The van der Waals surface area contributed by atoms with Crippen LogP contribution in [0.3, 0.4) is 0 Å². The first-order valence-corrected chi connectivity index (χ1v) is 21.3. The molecule has 5 heteroatoms. The Balaban J connectivity index is 0.967. The summed E-state index contributed by atoms with van der Waals surface area (Å²) >= 11 is 1.85. The van der Waals surface area contributed by atoms with Gasteiger partial charge >= 0.3 is 0 Å². The molecule has 0 bridgehead atoms. The summed E-state index contributed by atoms with van der Waals surface area (Å²) < 4.78 is 46.9. The molecule has 0 aliphatic carbocycles. The minimum atomic E-state index is -0.473. The fourth-order valence-electron chi connectivity index (χ4n) is 8.62. The van der Waals surface area contributed by atoms with E-state index in [0.717, 1.165) is 39.0 Å². The maximum Gasteiger partial charge on any atom is 0.164 e. The number of para-hydroxylation sites is 2. The van der Waals surface area contributed by atoms with Gasteiger partial charge in [-0.3, -0.25) is 0 Å². The van der Waals surface area contributed by atoms with Gasteiger partial charge in [-0.15, -0.1) is 11.3 Å². The van der Waals surface area contributed by atoms with Crippen LogP contribution in [-0.2, 0) is 0 Å². The zero-order valence-electron chi connectivity index (χ0n) is 38.1. The highest BCUT2D eigenvalue weighted by atomic mass is 32.1. The Bertz CT molecular complexity index is 3820. The monoisotopic (exact) mass is 813 g/mol. The van der Waals surface area contributed by atoms with Crippen molar-refractivity contribution in [2.75, 3.05) is 0 Å². The number of benzene rings is 9. The summed E-state index contributed by atoms with van der Waals surface area (Å²) in [5, 5.41) is 4.89. The van der Waals surface area contributed by atoms with Crippen LogP contribution in [0.4, 0.5) is 0 Å². The van der Waals surface area contributed by atoms with Crippen molar-refractivity contribution in [1.29, 1.82) is 0 Å². The average molecular weight is 814 g/mol. The van der Waals surface area contributed by atoms with Crippen molar-refractivity contribution < 1.29 is 6.85 Å². The molecule has 3 aromatic heterocycles. The minimum Gasteiger partial charge on any atom is -0.309 e. The first kappa shape index (κ1) is 31.0. The largest absolute Gasteiger partial charge is 0.309 e. The molecule has 3 heterocycles. The zero-order chi connectivity index (χ0) is 45.3. The summed E-state index contributed by atoms with van der Waals surface area (Å²) in [4.78, 5) is 14.2. The molecule has 4 nitrogen and oxygen atoms in total. The topological polar surface area (TPSA) is 43.6 Å². The van der Waals surface area contributed by atoms with E-state index >= 15 is 0 Å². The number of thiophene rings is 1. The third-order valence-electron chi connectivity index (χ3n) is 11.6. The van der Waals surface area contributed by atoms with Crippen molar-refractivity contribution in [2.45, 2.75) is 0 Å². The molecule has 0 saturated carbocycles. The summed E-state index contributed by atoms with van der Waals surface area (Å²) in [6.45, 7) is 0. The fraction of sp³-hybridized carbons (Fsp3) is 0. The van der Waals surface area contributed by atoms with Crippen LogP contribution in [0.25, 0.3) is 115 Å². The van der Waals surface area contributed by atoms with E-state index in [-0.39, 0.29) is 23.5 Å². The van der Waals surface area contributed by atoms with E-state index in [4.69, 9.17) is 16.8 Å². The maximum atomic E-state index is 8.65. The molecule has 0 unspecified atom stereocenters. The van der Waals surface area contributed by atoms with Crippen molar-refractivity contribution in [3.63, 3.8) is 0 Å². The molecule has 0 fully saturated rings. The van der Waals surface area contributed by atoms with Crippen LogP contribution < -0.4 is 0 Å². The Labute approximate surface area is 369 Å². The number of rotatable bonds is 7. The molecular formula is C57H36N4S. The Hall–Kier alpha value is -7.99. The highest BCUT2D eigenvalue weighted by molar-refractivity contribution is 7.26. The van der Waals surface area contributed by atoms with Crippen molar-refractivity contribution in [3.05, 3.63) is 218 Å². The van der Waals surface area contributed by atoms with E-state index < -0.39 is 18.1 Å². The number of nitrogens with zero attached hydrogens (tertiary/aromatic N) is 4. The maximum absolute atomic E-state index is 8.65. The average Bonchev–Trinajstić information content (AvgIpc) is 3.94. The predicted octanol–water partition coefficient (Wildman–Crippen LogP) is 15.3. The molecule has 12 rings (SSSR count). The lowest BCUT2D eigenvalue weighted by Crippen LogP contribution is -2.00. The molecule has 9 aromatic carbocycles. The molecule has 0 saturated heterocycles. The van der Waals surface area contributed by atoms with Gasteiger partial charge in [0.15, 0.2) is 17.5 Å². The van der Waals surface area contributed by atoms with E-state index in [2.05, 4.69) is 143 Å². The summed E-state index contributed by atoms with van der Waals surface area (Å²) in [5.74, 6) is 0.661. The summed E-state index contributed by atoms with van der Waals surface area (Å²) in [6.07, 6.45) is 0. The molecule has 290 valence electrons. The van der Waals surface area contributed by atoms with Crippen LogP contribution >= 0.6 is 11.3 Å². The Morgan fingerprint density at radius 1 is 0.355 bits per heavy atom. The standard InChI is InChI=1S/C57H36N4S/c1-4-15-39(16-5-1)45-23-14-24-48-50-36-44(61-51-25-12-10-21-46(51)47-22-11-13-26-52(47)61)35-49(54(50)62-53(45)48)40-31-27-37(28-32-40)38-29-33-43(34-30-38)57-59-55(41-17-6-2-7-18-41)58-56(60-57)42-19-8-3-9-20-42/h1-36H/i2D,6D,7D,17D,18D. The number of hydrogen-bond donors (Lipinski definition) is 0. The van der Waals surface area contributed by atoms with Gasteiger partial charge in [0.2, 0.25) is 0 Å². The minimum absolute atomic E-state index is 0.00627. The van der Waals surface area contributed by atoms with E-state index in [0.29, 0.717) is 22.8 Å². The van der Waals surface area contributed by atoms with E-state index in [1.807, 2.05) is 65.9 Å². The van der Waals surface area contributed by atoms with Gasteiger partial charge in [-0.1, -0.05) is 194 Å². The van der Waals surface area contributed by atoms with Gasteiger partial charge in [0.25, 0.3) is 0 Å². The van der Waals surface area contributed by atoms with Crippen LogP contribution in [0.15, 0.2) is 218 Å². The van der Waals surface area contributed by atoms with Crippen LogP contribution in [0, 0.1) is 0 Å². The Morgan fingerprint density at radius 3 is 1.45 bits per heavy atom. The molecule has 0 radical (unpaired) electrons. The van der Waals surface area contributed by atoms with Crippen LogP contribution in [-0.4, -0.2) is 19.5 Å². The predicted molar refractivity (Wildman–Crippen MR) is 260 cm³/mol. The van der Waals surface area contributed by atoms with Gasteiger partial charge in [0.05, 0.1) is 17.9 Å². The van der Waals surface area contributed by atoms with E-state index in [9.17, 15) is 0 Å². The second kappa shape index (κ2) is 14.9. The third-order valence-corrected chi connectivity index (χ3v) is 12.9. The van der Waals surface area contributed by atoms with Crippen molar-refractivity contribution in [1.82, 2.24) is 19.5 Å². The number of hydrogen-bond acceptors (Lipinski definition) is 4. The lowest BCUT2D eigenvalue weighted by Gasteiger charge is -2.13. The summed E-state index contributed by atoms with van der Waals surface area (Å²) in [6, 6.07) is 63.2. The second-order valence-corrected chi connectivity index (χ2v) is 16.2. The molecule has 0 aliphatic heterocycles. The Kier molecular flexibility index (Phi) is 7.46. The van der Waals surface area contributed by atoms with Gasteiger partial charge in [-0.05, 0) is 52.1 Å². The van der Waals surface area contributed by atoms with Crippen molar-refractivity contribution in [2.24, 2.45) is 0 Å². The molecule has 0 atom stereocenters. The first-order chi connectivity index (χ1) is 32.8. The van der Waals surface area contributed by atoms with E-state index in [1.54, 1.807) is 0 Å². The quantitative estimate of drug-likeness (QED) is 0.161. The lowest BCUT2D eigenvalue weighted by molar-refractivity contribution is 1.07. The molecule has 0 spiro atoms. The SMILES string of the molecule is [2H]c1c([2H])c([2H])c(-c2nc(-c3ccccc3)nc(-c3ccc(-c4ccc(-c5cc(-n6c7ccccc7c7ccccc76)cc6c5sc5c(-c7ccccc7)cccc56)cc4)cc3)n2)c([2H])c1[2H]. The zero-order valence-corrected chi connectivity index (χ0v) is 33.9. The summed E-state index contributed by atoms with van der Waals surface area (Å²) in [7, 11) is 0. The van der Waals surface area contributed by atoms with Crippen molar-refractivity contribution in [3.8, 4) is 73.2 Å². The molecule has 0 amide bonds. The number of aromatic nitrogens is 4.